The number of aliphatic hydroxyl groups is 1. The predicted octanol–water partition coefficient (Wildman–Crippen LogP) is 1.14. The van der Waals surface area contributed by atoms with Crippen LogP contribution in [-0.2, 0) is 19.4 Å². The Morgan fingerprint density at radius 2 is 2.12 bits per heavy atom. The molecule has 3 aromatic rings. The van der Waals surface area contributed by atoms with Crippen molar-refractivity contribution in [3.63, 3.8) is 0 Å². The molecule has 0 bridgehead atoms. The molecule has 0 aromatic carbocycles. The van der Waals surface area contributed by atoms with E-state index in [1.54, 1.807) is 18.5 Å². The molecular formula is C18H21N5O2S. The standard InChI is InChI=1S/C18H21N5O2S/c1-2-16-21-23-17(25)8-14(20-18(23)26-16)10-22-9-13(15(24)11-22)7-12-3-5-19-6-4-12/h3-6,8,13,15,24H,2,7,9-11H2,1H3/t13-,15-/m1/s1. The van der Waals surface area contributed by atoms with E-state index in [0.717, 1.165) is 30.1 Å². The summed E-state index contributed by atoms with van der Waals surface area (Å²) in [7, 11) is 0. The van der Waals surface area contributed by atoms with E-state index >= 15 is 0 Å². The fourth-order valence-electron chi connectivity index (χ4n) is 3.44. The first-order valence-electron chi connectivity index (χ1n) is 8.80. The number of fused-ring (bicyclic) bond motifs is 1. The molecule has 0 aliphatic carbocycles. The Balaban J connectivity index is 1.47. The maximum Gasteiger partial charge on any atom is 0.275 e. The van der Waals surface area contributed by atoms with Crippen LogP contribution in [0.2, 0.25) is 0 Å². The first-order valence-corrected chi connectivity index (χ1v) is 9.62. The predicted molar refractivity (Wildman–Crippen MR) is 99.2 cm³/mol. The van der Waals surface area contributed by atoms with E-state index in [2.05, 4.69) is 20.0 Å². The summed E-state index contributed by atoms with van der Waals surface area (Å²) in [6.45, 7) is 3.96. The zero-order chi connectivity index (χ0) is 18.1. The minimum Gasteiger partial charge on any atom is -0.391 e. The van der Waals surface area contributed by atoms with Gasteiger partial charge in [0.15, 0.2) is 0 Å². The molecule has 1 aliphatic heterocycles. The van der Waals surface area contributed by atoms with Gasteiger partial charge in [-0.1, -0.05) is 18.3 Å². The molecule has 8 heteroatoms. The molecular weight excluding hydrogens is 350 g/mol. The minimum absolute atomic E-state index is 0.144. The lowest BCUT2D eigenvalue weighted by Crippen LogP contribution is -2.24. The molecule has 7 nitrogen and oxygen atoms in total. The van der Waals surface area contributed by atoms with Gasteiger partial charge in [-0.05, 0) is 30.5 Å². The highest BCUT2D eigenvalue weighted by molar-refractivity contribution is 7.16. The number of aliphatic hydroxyl groups excluding tert-OH is 1. The van der Waals surface area contributed by atoms with Gasteiger partial charge in [-0.2, -0.15) is 9.61 Å². The molecule has 0 radical (unpaired) electrons. The summed E-state index contributed by atoms with van der Waals surface area (Å²) >= 11 is 1.45. The van der Waals surface area contributed by atoms with Crippen LogP contribution in [0.3, 0.4) is 0 Å². The maximum atomic E-state index is 12.3. The zero-order valence-electron chi connectivity index (χ0n) is 14.6. The number of aromatic nitrogens is 4. The van der Waals surface area contributed by atoms with Crippen molar-refractivity contribution in [3.8, 4) is 0 Å². The van der Waals surface area contributed by atoms with Gasteiger partial charge in [-0.15, -0.1) is 0 Å². The van der Waals surface area contributed by atoms with Crippen LogP contribution in [0.4, 0.5) is 0 Å². The zero-order valence-corrected chi connectivity index (χ0v) is 15.4. The van der Waals surface area contributed by atoms with Crippen molar-refractivity contribution in [3.05, 3.63) is 57.2 Å². The van der Waals surface area contributed by atoms with E-state index in [9.17, 15) is 9.90 Å². The van der Waals surface area contributed by atoms with E-state index in [1.807, 2.05) is 19.1 Å². The van der Waals surface area contributed by atoms with Gasteiger partial charge in [0.25, 0.3) is 5.56 Å². The molecule has 0 amide bonds. The van der Waals surface area contributed by atoms with Crippen molar-refractivity contribution in [1.82, 2.24) is 24.5 Å². The third-order valence-electron chi connectivity index (χ3n) is 4.76. The quantitative estimate of drug-likeness (QED) is 0.724. The lowest BCUT2D eigenvalue weighted by atomic mass is 9.97. The molecule has 4 heterocycles. The largest absolute Gasteiger partial charge is 0.391 e. The molecule has 3 aromatic heterocycles. The summed E-state index contributed by atoms with van der Waals surface area (Å²) in [5.41, 5.74) is 1.77. The third-order valence-corrected chi connectivity index (χ3v) is 5.81. The van der Waals surface area contributed by atoms with Crippen molar-refractivity contribution < 1.29 is 5.11 Å². The molecule has 1 aliphatic rings. The van der Waals surface area contributed by atoms with Gasteiger partial charge >= 0.3 is 0 Å². The summed E-state index contributed by atoms with van der Waals surface area (Å²) in [6.07, 6.45) is 4.80. The highest BCUT2D eigenvalue weighted by Crippen LogP contribution is 2.23. The number of aryl methyl sites for hydroxylation is 1. The molecule has 26 heavy (non-hydrogen) atoms. The highest BCUT2D eigenvalue weighted by atomic mass is 32.1. The first kappa shape index (κ1) is 17.3. The second-order valence-electron chi connectivity index (χ2n) is 6.71. The van der Waals surface area contributed by atoms with Crippen LogP contribution in [0.25, 0.3) is 4.96 Å². The van der Waals surface area contributed by atoms with Gasteiger partial charge in [0.1, 0.15) is 5.01 Å². The van der Waals surface area contributed by atoms with Crippen LogP contribution in [0.1, 0.15) is 23.2 Å². The van der Waals surface area contributed by atoms with E-state index in [0.29, 0.717) is 18.1 Å². The average molecular weight is 371 g/mol. The van der Waals surface area contributed by atoms with Crippen molar-refractivity contribution in [2.45, 2.75) is 32.4 Å². The van der Waals surface area contributed by atoms with E-state index in [-0.39, 0.29) is 17.6 Å². The minimum atomic E-state index is -0.372. The van der Waals surface area contributed by atoms with Crippen molar-refractivity contribution in [2.75, 3.05) is 13.1 Å². The Bertz CT molecular complexity index is 955. The molecule has 4 rings (SSSR count). The van der Waals surface area contributed by atoms with Gasteiger partial charge in [0.05, 0.1) is 11.8 Å². The lowest BCUT2D eigenvalue weighted by Gasteiger charge is -2.15. The van der Waals surface area contributed by atoms with E-state index in [4.69, 9.17) is 0 Å². The number of nitrogens with zero attached hydrogens (tertiary/aromatic N) is 5. The van der Waals surface area contributed by atoms with Crippen LogP contribution in [0.15, 0.2) is 35.4 Å². The SMILES string of the molecule is CCc1nn2c(=O)cc(CN3C[C@@H](Cc4ccncc4)[C@H](O)C3)nc2s1. The third kappa shape index (κ3) is 3.53. The molecule has 0 unspecified atom stereocenters. The number of hydrogen-bond donors (Lipinski definition) is 1. The Labute approximate surface area is 155 Å². The number of hydrogen-bond acceptors (Lipinski definition) is 7. The number of rotatable bonds is 5. The second kappa shape index (κ2) is 7.22. The van der Waals surface area contributed by atoms with Gasteiger partial charge < -0.3 is 5.11 Å². The fourth-order valence-corrected chi connectivity index (χ4v) is 4.30. The van der Waals surface area contributed by atoms with Gasteiger partial charge in [0.2, 0.25) is 4.96 Å². The topological polar surface area (TPSA) is 83.6 Å². The molecule has 0 saturated carbocycles. The van der Waals surface area contributed by atoms with Crippen LogP contribution in [0, 0.1) is 5.92 Å². The Morgan fingerprint density at radius 3 is 2.88 bits per heavy atom. The number of β-amino-alcohol motifs (C(OH)–C–C–N with tert-alkyl or cyclic N) is 1. The van der Waals surface area contributed by atoms with Crippen molar-refractivity contribution in [1.29, 1.82) is 0 Å². The smallest absolute Gasteiger partial charge is 0.275 e. The summed E-state index contributed by atoms with van der Waals surface area (Å²) in [6, 6.07) is 5.52. The number of pyridine rings is 1. The number of likely N-dealkylation sites (tertiary alicyclic amines) is 1. The van der Waals surface area contributed by atoms with Crippen molar-refractivity contribution in [2.24, 2.45) is 5.92 Å². The normalized spacial score (nSPS) is 20.8. The highest BCUT2D eigenvalue weighted by Gasteiger charge is 2.31. The van der Waals surface area contributed by atoms with Crippen molar-refractivity contribution >= 4 is 16.3 Å². The van der Waals surface area contributed by atoms with E-state index < -0.39 is 0 Å². The monoisotopic (exact) mass is 371 g/mol. The maximum absolute atomic E-state index is 12.3. The lowest BCUT2D eigenvalue weighted by molar-refractivity contribution is 0.141. The molecule has 1 saturated heterocycles. The van der Waals surface area contributed by atoms with E-state index in [1.165, 1.54) is 21.4 Å². The second-order valence-corrected chi connectivity index (χ2v) is 7.75. The van der Waals surface area contributed by atoms with Crippen LogP contribution in [0.5, 0.6) is 0 Å². The fraction of sp³-hybridized carbons (Fsp3) is 0.444. The first-order chi connectivity index (χ1) is 12.6. The summed E-state index contributed by atoms with van der Waals surface area (Å²) < 4.78 is 1.37. The molecule has 1 N–H and O–H groups in total. The summed E-state index contributed by atoms with van der Waals surface area (Å²) in [5.74, 6) is 0.178. The van der Waals surface area contributed by atoms with Gasteiger partial charge in [-0.3, -0.25) is 14.7 Å². The Morgan fingerprint density at radius 1 is 1.31 bits per heavy atom. The Kier molecular flexibility index (Phi) is 4.80. The van der Waals surface area contributed by atoms with Gasteiger partial charge in [0, 0.05) is 44.0 Å². The summed E-state index contributed by atoms with van der Waals surface area (Å²) in [4.78, 5) is 23.7. The molecule has 1 fully saturated rings. The Hall–Kier alpha value is -2.16. The van der Waals surface area contributed by atoms with Crippen LogP contribution >= 0.6 is 11.3 Å². The molecule has 2 atom stereocenters. The van der Waals surface area contributed by atoms with Crippen LogP contribution in [-0.4, -0.2) is 48.8 Å². The summed E-state index contributed by atoms with van der Waals surface area (Å²) in [5, 5.41) is 15.6. The molecule has 0 spiro atoms. The van der Waals surface area contributed by atoms with Gasteiger partial charge in [-0.25, -0.2) is 4.98 Å². The molecule has 136 valence electrons. The van der Waals surface area contributed by atoms with Crippen LogP contribution < -0.4 is 5.56 Å². The average Bonchev–Trinajstić information content (AvgIpc) is 3.19.